The number of methoxy groups -OCH3 is 1. The van der Waals surface area contributed by atoms with Crippen LogP contribution in [0.3, 0.4) is 0 Å². The molecular formula is C45H48FN6O10PS. The molecule has 5 heterocycles. The van der Waals surface area contributed by atoms with E-state index in [1.165, 1.54) is 68.9 Å². The van der Waals surface area contributed by atoms with E-state index in [1.807, 2.05) is 6.92 Å². The number of hydrogen-bond donors (Lipinski definition) is 1. The highest BCUT2D eigenvalue weighted by atomic mass is 32.1. The van der Waals surface area contributed by atoms with Crippen LogP contribution in [0.2, 0.25) is 0 Å². The van der Waals surface area contributed by atoms with Crippen molar-refractivity contribution in [2.75, 3.05) is 18.6 Å². The average molecular weight is 915 g/mol. The highest BCUT2D eigenvalue weighted by Gasteiger charge is 2.68. The van der Waals surface area contributed by atoms with E-state index < -0.39 is 66.7 Å². The zero-order chi connectivity index (χ0) is 45.3. The number of hydrogen-bond acceptors (Lipinski definition) is 12. The van der Waals surface area contributed by atoms with E-state index in [0.29, 0.717) is 67.3 Å². The van der Waals surface area contributed by atoms with Gasteiger partial charge in [-0.25, -0.2) is 34.0 Å². The first-order valence-electron chi connectivity index (χ1n) is 21.4. The molecule has 6 amide bonds. The molecule has 4 aliphatic rings. The zero-order valence-electron chi connectivity index (χ0n) is 35.5. The number of nitrogens with one attached hydrogen (secondary N) is 1. The van der Waals surface area contributed by atoms with Crippen molar-refractivity contribution in [1.29, 1.82) is 0 Å². The van der Waals surface area contributed by atoms with Crippen LogP contribution in [0.15, 0.2) is 77.9 Å². The van der Waals surface area contributed by atoms with E-state index in [4.69, 9.17) is 14.0 Å². The van der Waals surface area contributed by atoms with Gasteiger partial charge >= 0.3 is 19.5 Å². The number of fused-ring (bicyclic) bond motifs is 2. The van der Waals surface area contributed by atoms with Crippen molar-refractivity contribution in [3.8, 4) is 11.6 Å². The molecule has 2 aromatic carbocycles. The number of carbonyl (C=O) groups is 6. The number of thiophene rings is 1. The molecule has 3 aliphatic heterocycles. The lowest BCUT2D eigenvalue weighted by Crippen LogP contribution is -2.55. The number of carbonyl (C=O) groups excluding carboxylic acids is 6. The first kappa shape index (κ1) is 44.8. The number of anilines is 1. The quantitative estimate of drug-likeness (QED) is 0.0560. The second-order valence-corrected chi connectivity index (χ2v) is 19.6. The molecule has 4 fully saturated rings. The molecule has 336 valence electrons. The number of halogens is 1. The molecule has 0 bridgehead atoms. The number of aliphatic imine (C=N–C) groups is 1. The summed E-state index contributed by atoms with van der Waals surface area (Å²) < 4.78 is 47.5. The number of para-hydroxylation sites is 1. The largest absolute Gasteiger partial charge is 0.481 e. The third kappa shape index (κ3) is 8.58. The Morgan fingerprint density at radius 3 is 2.50 bits per heavy atom. The van der Waals surface area contributed by atoms with Gasteiger partial charge in [0, 0.05) is 23.0 Å². The van der Waals surface area contributed by atoms with E-state index in [9.17, 15) is 33.3 Å². The third-order valence-corrected chi connectivity index (χ3v) is 15.3. The molecule has 1 spiro atoms. The van der Waals surface area contributed by atoms with Gasteiger partial charge in [0.05, 0.1) is 36.4 Å². The van der Waals surface area contributed by atoms with Crippen LogP contribution in [-0.2, 0) is 28.5 Å². The third-order valence-electron chi connectivity index (χ3n) is 12.1. The van der Waals surface area contributed by atoms with Gasteiger partial charge < -0.3 is 18.9 Å². The fourth-order valence-corrected chi connectivity index (χ4v) is 11.5. The molecule has 2 aromatic heterocycles. The number of benzene rings is 2. The van der Waals surface area contributed by atoms with E-state index >= 15 is 4.39 Å². The van der Waals surface area contributed by atoms with Gasteiger partial charge in [-0.1, -0.05) is 44.0 Å². The number of urea groups is 1. The smallest absolute Gasteiger partial charge is 0.355 e. The number of aromatic nitrogens is 1. The SMILES string of the molecule is CCCOC(=O)[C@H](C)NP(=O)(Oc1ccccc1)[C@@H](F)c1ccc2sc(C(=O)N=CC3CCCC[C@H]4CC[C@@H](C(=O)N5C(=O)N(c6ccc(OC)nc6)C(=O)C56CC6)N4C3=O)cc2c1. The molecule has 16 nitrogen and oxygen atoms in total. The second kappa shape index (κ2) is 18.3. The number of nitrogens with zero attached hydrogens (tertiary/aromatic N) is 5. The summed E-state index contributed by atoms with van der Waals surface area (Å²) in [4.78, 5) is 94.8. The summed E-state index contributed by atoms with van der Waals surface area (Å²) in [7, 11) is -3.04. The summed E-state index contributed by atoms with van der Waals surface area (Å²) in [6.07, 6.45) is 7.21. The summed E-state index contributed by atoms with van der Waals surface area (Å²) in [5, 5.41) is 3.03. The minimum absolute atomic E-state index is 0.0175. The van der Waals surface area contributed by atoms with Crippen molar-refractivity contribution < 1.29 is 51.7 Å². The van der Waals surface area contributed by atoms with Gasteiger partial charge in [0.25, 0.3) is 17.7 Å². The lowest BCUT2D eigenvalue weighted by Gasteiger charge is -2.35. The first-order valence-corrected chi connectivity index (χ1v) is 23.9. The molecule has 8 rings (SSSR count). The normalized spacial score (nSPS) is 22.5. The Morgan fingerprint density at radius 1 is 1.03 bits per heavy atom. The number of alkyl halides is 1. The number of pyridine rings is 1. The molecule has 1 aliphatic carbocycles. The maximum absolute atomic E-state index is 16.5. The Hall–Kier alpha value is -5.84. The summed E-state index contributed by atoms with van der Waals surface area (Å²) in [5.41, 5.74) is -1.12. The van der Waals surface area contributed by atoms with Crippen LogP contribution < -0.4 is 19.2 Å². The van der Waals surface area contributed by atoms with Crippen LogP contribution in [0.25, 0.3) is 10.1 Å². The highest BCUT2D eigenvalue weighted by Crippen LogP contribution is 2.58. The van der Waals surface area contributed by atoms with Crippen LogP contribution in [0.5, 0.6) is 11.6 Å². The van der Waals surface area contributed by atoms with Crippen LogP contribution >= 0.6 is 18.9 Å². The maximum atomic E-state index is 16.5. The summed E-state index contributed by atoms with van der Waals surface area (Å²) in [6.45, 7) is 3.38. The Labute approximate surface area is 372 Å². The molecule has 6 atom stereocenters. The standard InChI is InChI=1S/C45H48FN6O10PS/c1-4-22-61-42(56)27(2)49-63(59,62-33-12-6-5-7-13-33)38(46)28-14-18-35-30(23-28)24-36(64-35)39(53)48-25-29-10-8-9-11-31-15-17-34(50(31)40(29)54)41(55)52-44(58)51(43(57)45(52)20-21-45)32-16-19-37(60-3)47-26-32/h5-7,12-14,16,18-19,23-27,29,31,34,38H,4,8-11,15,17,20-22H2,1-3H3,(H,49,59)/t27-,29?,31-,34-,38+,63?/m0/s1. The lowest BCUT2D eigenvalue weighted by atomic mass is 9.95. The van der Waals surface area contributed by atoms with Crippen LogP contribution in [0, 0.1) is 5.92 Å². The first-order chi connectivity index (χ1) is 30.8. The zero-order valence-corrected chi connectivity index (χ0v) is 37.2. The topological polar surface area (TPSA) is 194 Å². The molecule has 4 aromatic rings. The highest BCUT2D eigenvalue weighted by molar-refractivity contribution is 7.57. The van der Waals surface area contributed by atoms with E-state index in [-0.39, 0.29) is 40.4 Å². The molecule has 19 heteroatoms. The van der Waals surface area contributed by atoms with E-state index in [2.05, 4.69) is 15.1 Å². The number of imide groups is 2. The minimum atomic E-state index is -4.48. The average Bonchev–Trinajstić information content (AvgIpc) is 3.69. The van der Waals surface area contributed by atoms with Crippen LogP contribution in [-0.4, -0.2) is 94.0 Å². The minimum Gasteiger partial charge on any atom is -0.481 e. The fraction of sp³-hybridized carbons (Fsp3) is 0.422. The predicted molar refractivity (Wildman–Crippen MR) is 235 cm³/mol. The number of ether oxygens (including phenoxy) is 2. The molecule has 1 saturated carbocycles. The van der Waals surface area contributed by atoms with Gasteiger partial charge in [-0.15, -0.1) is 11.3 Å². The van der Waals surface area contributed by atoms with Crippen molar-refractivity contribution in [3.63, 3.8) is 0 Å². The fourth-order valence-electron chi connectivity index (χ4n) is 8.64. The van der Waals surface area contributed by atoms with Crippen molar-refractivity contribution in [2.45, 2.75) is 101 Å². The van der Waals surface area contributed by atoms with Crippen LogP contribution in [0.1, 0.15) is 92.8 Å². The second-order valence-electron chi connectivity index (χ2n) is 16.4. The van der Waals surface area contributed by atoms with Gasteiger partial charge in [0.1, 0.15) is 23.4 Å². The molecule has 2 unspecified atom stereocenters. The Balaban J connectivity index is 0.987. The molecule has 3 saturated heterocycles. The molecule has 1 N–H and O–H groups in total. The van der Waals surface area contributed by atoms with Gasteiger partial charge in [0.2, 0.25) is 17.7 Å². The van der Waals surface area contributed by atoms with Gasteiger partial charge in [-0.2, -0.15) is 0 Å². The number of rotatable bonds is 14. The summed E-state index contributed by atoms with van der Waals surface area (Å²) in [5.74, 6) is -5.49. The lowest BCUT2D eigenvalue weighted by molar-refractivity contribution is -0.147. The van der Waals surface area contributed by atoms with Gasteiger partial charge in [-0.3, -0.25) is 28.5 Å². The van der Waals surface area contributed by atoms with Gasteiger partial charge in [-0.05, 0) is 99.2 Å². The number of amides is 6. The summed E-state index contributed by atoms with van der Waals surface area (Å²) >= 11 is 1.11. The molecule has 0 radical (unpaired) electrons. The van der Waals surface area contributed by atoms with Crippen molar-refractivity contribution in [1.82, 2.24) is 19.9 Å². The Morgan fingerprint density at radius 2 is 1.80 bits per heavy atom. The monoisotopic (exact) mass is 914 g/mol. The summed E-state index contributed by atoms with van der Waals surface area (Å²) in [6, 6.07) is 13.9. The van der Waals surface area contributed by atoms with Gasteiger partial charge in [0.15, 0.2) is 0 Å². The predicted octanol–water partition coefficient (Wildman–Crippen LogP) is 7.77. The Bertz CT molecular complexity index is 2550. The molecule has 64 heavy (non-hydrogen) atoms. The van der Waals surface area contributed by atoms with E-state index in [1.54, 1.807) is 29.2 Å². The number of esters is 1. The van der Waals surface area contributed by atoms with Crippen molar-refractivity contribution in [3.05, 3.63) is 83.4 Å². The van der Waals surface area contributed by atoms with Crippen molar-refractivity contribution >= 4 is 76.5 Å². The van der Waals surface area contributed by atoms with Crippen molar-refractivity contribution in [2.24, 2.45) is 10.9 Å². The van der Waals surface area contributed by atoms with E-state index in [0.717, 1.165) is 27.6 Å². The molecular weight excluding hydrogens is 867 g/mol. The Kier molecular flexibility index (Phi) is 12.8. The van der Waals surface area contributed by atoms with Crippen LogP contribution in [0.4, 0.5) is 14.9 Å². The maximum Gasteiger partial charge on any atom is 0.355 e.